The van der Waals surface area contributed by atoms with Gasteiger partial charge in [0.25, 0.3) is 5.91 Å². The summed E-state index contributed by atoms with van der Waals surface area (Å²) in [5.41, 5.74) is 0.550. The third-order valence-corrected chi connectivity index (χ3v) is 4.77. The lowest BCUT2D eigenvalue weighted by Gasteiger charge is -2.33. The molecule has 1 saturated carbocycles. The molecule has 1 aliphatic carbocycles. The zero-order valence-electron chi connectivity index (χ0n) is 14.6. The van der Waals surface area contributed by atoms with Gasteiger partial charge in [0.1, 0.15) is 0 Å². The lowest BCUT2D eigenvalue weighted by molar-refractivity contribution is -0.180. The van der Waals surface area contributed by atoms with Crippen LogP contribution in [0.5, 0.6) is 5.75 Å². The molecule has 0 atom stereocenters. The van der Waals surface area contributed by atoms with Crippen LogP contribution in [0.25, 0.3) is 0 Å². The van der Waals surface area contributed by atoms with Gasteiger partial charge in [-0.25, -0.2) is 9.78 Å². The normalized spacial score (nSPS) is 19.6. The molecule has 1 aliphatic heterocycles. The molecule has 25 heavy (non-hydrogen) atoms. The van der Waals surface area contributed by atoms with Gasteiger partial charge in [-0.15, -0.1) is 0 Å². The third kappa shape index (κ3) is 3.92. The van der Waals surface area contributed by atoms with Crippen LogP contribution in [0.15, 0.2) is 6.20 Å². The van der Waals surface area contributed by atoms with Gasteiger partial charge in [0.2, 0.25) is 5.79 Å². The molecule has 136 valence electrons. The SMILES string of the molecule is CC1(C)OCc2c(C(=O)NCC3CCCCC3)cnc(C(=O)O)c2O1. The highest BCUT2D eigenvalue weighted by molar-refractivity contribution is 5.98. The Bertz CT molecular complexity index is 680. The number of carboxylic acid groups (broad SMARTS) is 1. The summed E-state index contributed by atoms with van der Waals surface area (Å²) in [6.07, 6.45) is 7.25. The Morgan fingerprint density at radius 2 is 2.04 bits per heavy atom. The van der Waals surface area contributed by atoms with Crippen LogP contribution < -0.4 is 10.1 Å². The van der Waals surface area contributed by atoms with Crippen molar-refractivity contribution in [2.24, 2.45) is 5.92 Å². The minimum Gasteiger partial charge on any atom is -0.476 e. The smallest absolute Gasteiger partial charge is 0.358 e. The number of ether oxygens (including phenoxy) is 2. The molecule has 3 rings (SSSR count). The molecule has 7 heteroatoms. The van der Waals surface area contributed by atoms with E-state index in [-0.39, 0.29) is 24.0 Å². The molecule has 0 unspecified atom stereocenters. The zero-order valence-corrected chi connectivity index (χ0v) is 14.6. The Balaban J connectivity index is 1.81. The molecule has 0 bridgehead atoms. The largest absolute Gasteiger partial charge is 0.476 e. The molecular formula is C18H24N2O5. The summed E-state index contributed by atoms with van der Waals surface area (Å²) in [7, 11) is 0. The van der Waals surface area contributed by atoms with Crippen molar-refractivity contribution in [2.45, 2.75) is 58.3 Å². The second-order valence-electron chi connectivity index (χ2n) is 7.14. The quantitative estimate of drug-likeness (QED) is 0.868. The second-order valence-corrected chi connectivity index (χ2v) is 7.14. The predicted octanol–water partition coefficient (Wildman–Crippen LogP) is 2.74. The molecule has 2 N–H and O–H groups in total. The highest BCUT2D eigenvalue weighted by atomic mass is 16.7. The minimum atomic E-state index is -1.19. The van der Waals surface area contributed by atoms with Crippen molar-refractivity contribution >= 4 is 11.9 Å². The summed E-state index contributed by atoms with van der Waals surface area (Å²) >= 11 is 0. The lowest BCUT2D eigenvalue weighted by atomic mass is 9.89. The highest BCUT2D eigenvalue weighted by Crippen LogP contribution is 2.35. The van der Waals surface area contributed by atoms with E-state index in [1.54, 1.807) is 13.8 Å². The lowest BCUT2D eigenvalue weighted by Crippen LogP contribution is -2.38. The third-order valence-electron chi connectivity index (χ3n) is 4.77. The average Bonchev–Trinajstić information content (AvgIpc) is 2.58. The molecular weight excluding hydrogens is 324 g/mol. The number of carbonyl (C=O) groups excluding carboxylic acids is 1. The van der Waals surface area contributed by atoms with Gasteiger partial charge in [-0.1, -0.05) is 19.3 Å². The van der Waals surface area contributed by atoms with Crippen molar-refractivity contribution in [1.29, 1.82) is 0 Å². The maximum atomic E-state index is 12.6. The van der Waals surface area contributed by atoms with E-state index >= 15 is 0 Å². The molecule has 0 saturated heterocycles. The van der Waals surface area contributed by atoms with E-state index in [4.69, 9.17) is 9.47 Å². The van der Waals surface area contributed by atoms with Gasteiger partial charge in [0.05, 0.1) is 12.2 Å². The molecule has 2 aliphatic rings. The molecule has 0 aromatic carbocycles. The van der Waals surface area contributed by atoms with Crippen LogP contribution >= 0.6 is 0 Å². The van der Waals surface area contributed by atoms with Crippen LogP contribution in [-0.2, 0) is 11.3 Å². The number of hydrogen-bond acceptors (Lipinski definition) is 5. The van der Waals surface area contributed by atoms with Crippen LogP contribution in [0.1, 0.15) is 72.4 Å². The number of pyridine rings is 1. The van der Waals surface area contributed by atoms with Crippen molar-refractivity contribution in [3.8, 4) is 5.75 Å². The van der Waals surface area contributed by atoms with E-state index in [9.17, 15) is 14.7 Å². The van der Waals surface area contributed by atoms with Gasteiger partial charge in [0, 0.05) is 32.2 Å². The van der Waals surface area contributed by atoms with Crippen LogP contribution in [0.3, 0.4) is 0 Å². The van der Waals surface area contributed by atoms with Gasteiger partial charge in [0.15, 0.2) is 11.4 Å². The summed E-state index contributed by atoms with van der Waals surface area (Å²) in [6, 6.07) is 0. The summed E-state index contributed by atoms with van der Waals surface area (Å²) in [5.74, 6) is -1.79. The summed E-state index contributed by atoms with van der Waals surface area (Å²) in [5, 5.41) is 12.3. The van der Waals surface area contributed by atoms with Gasteiger partial charge in [-0.3, -0.25) is 4.79 Å². The van der Waals surface area contributed by atoms with E-state index < -0.39 is 11.8 Å². The molecule has 1 aromatic rings. The number of fused-ring (bicyclic) bond motifs is 1. The van der Waals surface area contributed by atoms with Gasteiger partial charge < -0.3 is 19.9 Å². The topological polar surface area (TPSA) is 97.8 Å². The Labute approximate surface area is 146 Å². The number of hydrogen-bond donors (Lipinski definition) is 2. The second kappa shape index (κ2) is 7.00. The van der Waals surface area contributed by atoms with E-state index in [0.29, 0.717) is 23.6 Å². The molecule has 0 spiro atoms. The molecule has 1 aromatic heterocycles. The molecule has 7 nitrogen and oxygen atoms in total. The number of carbonyl (C=O) groups is 2. The van der Waals surface area contributed by atoms with Crippen molar-refractivity contribution in [2.75, 3.05) is 6.54 Å². The molecule has 1 fully saturated rings. The monoisotopic (exact) mass is 348 g/mol. The maximum Gasteiger partial charge on any atom is 0.358 e. The Morgan fingerprint density at radius 3 is 2.72 bits per heavy atom. The first-order chi connectivity index (χ1) is 11.9. The number of rotatable bonds is 4. The number of amides is 1. The number of aromatic carboxylic acids is 1. The Morgan fingerprint density at radius 1 is 1.32 bits per heavy atom. The predicted molar refractivity (Wildman–Crippen MR) is 89.6 cm³/mol. The standard InChI is InChI=1S/C18H24N2O5/c1-18(2)24-10-13-12(9-19-14(17(22)23)15(13)25-18)16(21)20-8-11-6-4-3-5-7-11/h9,11H,3-8,10H2,1-2H3,(H,20,21)(H,22,23). The summed E-state index contributed by atoms with van der Waals surface area (Å²) in [6.45, 7) is 4.12. The first-order valence-electron chi connectivity index (χ1n) is 8.74. The van der Waals surface area contributed by atoms with Crippen molar-refractivity contribution in [3.05, 3.63) is 23.0 Å². The molecule has 2 heterocycles. The number of nitrogens with zero attached hydrogens (tertiary/aromatic N) is 1. The van der Waals surface area contributed by atoms with E-state index in [2.05, 4.69) is 10.3 Å². The average molecular weight is 348 g/mol. The Hall–Kier alpha value is -2.15. The van der Waals surface area contributed by atoms with Crippen molar-refractivity contribution in [3.63, 3.8) is 0 Å². The fraction of sp³-hybridized carbons (Fsp3) is 0.611. The molecule has 1 amide bonds. The Kier molecular flexibility index (Phi) is 4.94. The van der Waals surface area contributed by atoms with Crippen LogP contribution in [0, 0.1) is 5.92 Å². The fourth-order valence-electron chi connectivity index (χ4n) is 3.38. The number of carboxylic acids is 1. The van der Waals surface area contributed by atoms with E-state index in [0.717, 1.165) is 12.8 Å². The summed E-state index contributed by atoms with van der Waals surface area (Å²) < 4.78 is 11.2. The van der Waals surface area contributed by atoms with Gasteiger partial charge in [-0.05, 0) is 18.8 Å². The van der Waals surface area contributed by atoms with E-state index in [1.165, 1.54) is 25.5 Å². The minimum absolute atomic E-state index is 0.108. The highest BCUT2D eigenvalue weighted by Gasteiger charge is 2.34. The first-order valence-corrected chi connectivity index (χ1v) is 8.74. The number of nitrogens with one attached hydrogen (secondary N) is 1. The molecule has 0 radical (unpaired) electrons. The summed E-state index contributed by atoms with van der Waals surface area (Å²) in [4.78, 5) is 27.9. The van der Waals surface area contributed by atoms with Crippen molar-refractivity contribution < 1.29 is 24.2 Å². The van der Waals surface area contributed by atoms with Gasteiger partial charge in [-0.2, -0.15) is 0 Å². The first kappa shape index (κ1) is 17.7. The fourth-order valence-corrected chi connectivity index (χ4v) is 3.38. The zero-order chi connectivity index (χ0) is 18.0. The van der Waals surface area contributed by atoms with Gasteiger partial charge >= 0.3 is 5.97 Å². The maximum absolute atomic E-state index is 12.6. The van der Waals surface area contributed by atoms with Crippen LogP contribution in [0.2, 0.25) is 0 Å². The van der Waals surface area contributed by atoms with Crippen LogP contribution in [-0.4, -0.2) is 34.3 Å². The van der Waals surface area contributed by atoms with Crippen molar-refractivity contribution in [1.82, 2.24) is 10.3 Å². The number of aromatic nitrogens is 1. The van der Waals surface area contributed by atoms with Crippen LogP contribution in [0.4, 0.5) is 0 Å². The van der Waals surface area contributed by atoms with E-state index in [1.807, 2.05) is 0 Å².